The molecule has 1 fully saturated rings. The first-order valence-corrected chi connectivity index (χ1v) is 8.22. The van der Waals surface area contributed by atoms with Gasteiger partial charge in [-0.25, -0.2) is 0 Å². The molecule has 18 heavy (non-hydrogen) atoms. The van der Waals surface area contributed by atoms with E-state index in [9.17, 15) is 0 Å². The summed E-state index contributed by atoms with van der Waals surface area (Å²) in [4.78, 5) is 0. The van der Waals surface area contributed by atoms with Gasteiger partial charge in [-0.2, -0.15) is 0 Å². The fourth-order valence-corrected chi connectivity index (χ4v) is 3.20. The standard InChI is InChI=1S/C15H20BrClO/c16-10-15(13-6-8-14(17)9-7-13)18-11-12-4-2-1-3-5-12/h6-9,12,15H,1-5,10-11H2. The van der Waals surface area contributed by atoms with E-state index in [0.29, 0.717) is 0 Å². The van der Waals surface area contributed by atoms with Gasteiger partial charge >= 0.3 is 0 Å². The summed E-state index contributed by atoms with van der Waals surface area (Å²) in [5.74, 6) is 0.757. The highest BCUT2D eigenvalue weighted by atomic mass is 79.9. The largest absolute Gasteiger partial charge is 0.372 e. The van der Waals surface area contributed by atoms with E-state index in [1.54, 1.807) is 0 Å². The van der Waals surface area contributed by atoms with Crippen LogP contribution in [0, 0.1) is 5.92 Å². The van der Waals surface area contributed by atoms with E-state index >= 15 is 0 Å². The van der Waals surface area contributed by atoms with Gasteiger partial charge in [0.1, 0.15) is 0 Å². The maximum Gasteiger partial charge on any atom is 0.0921 e. The van der Waals surface area contributed by atoms with E-state index in [4.69, 9.17) is 16.3 Å². The lowest BCUT2D eigenvalue weighted by Gasteiger charge is -2.24. The molecule has 1 atom stereocenters. The van der Waals surface area contributed by atoms with Crippen LogP contribution in [-0.2, 0) is 4.74 Å². The number of alkyl halides is 1. The summed E-state index contributed by atoms with van der Waals surface area (Å²) in [6.07, 6.45) is 6.94. The van der Waals surface area contributed by atoms with Crippen molar-refractivity contribution in [2.75, 3.05) is 11.9 Å². The first-order chi connectivity index (χ1) is 8.79. The van der Waals surface area contributed by atoms with Crippen molar-refractivity contribution in [3.8, 4) is 0 Å². The molecule has 1 saturated carbocycles. The van der Waals surface area contributed by atoms with Gasteiger partial charge in [0.2, 0.25) is 0 Å². The summed E-state index contributed by atoms with van der Waals surface area (Å²) in [6.45, 7) is 0.888. The molecule has 0 bridgehead atoms. The second kappa shape index (κ2) is 7.52. The third-order valence-electron chi connectivity index (χ3n) is 3.64. The minimum Gasteiger partial charge on any atom is -0.372 e. The summed E-state index contributed by atoms with van der Waals surface area (Å²) in [5.41, 5.74) is 1.20. The van der Waals surface area contributed by atoms with E-state index in [-0.39, 0.29) is 6.10 Å². The maximum atomic E-state index is 6.07. The van der Waals surface area contributed by atoms with E-state index in [0.717, 1.165) is 22.9 Å². The van der Waals surface area contributed by atoms with Crippen LogP contribution in [0.3, 0.4) is 0 Å². The Hall–Kier alpha value is -0.0500. The Bertz CT molecular complexity index is 346. The molecular formula is C15H20BrClO. The summed E-state index contributed by atoms with van der Waals surface area (Å²) >= 11 is 9.44. The van der Waals surface area contributed by atoms with Crippen LogP contribution >= 0.6 is 27.5 Å². The van der Waals surface area contributed by atoms with Gasteiger partial charge in [0.15, 0.2) is 0 Å². The predicted octanol–water partition coefficient (Wildman–Crippen LogP) is 5.37. The molecule has 1 aromatic rings. The summed E-state index contributed by atoms with van der Waals surface area (Å²) in [6, 6.07) is 7.96. The van der Waals surface area contributed by atoms with Crippen molar-refractivity contribution in [1.82, 2.24) is 0 Å². The van der Waals surface area contributed by atoms with Crippen LogP contribution in [0.4, 0.5) is 0 Å². The molecule has 100 valence electrons. The molecule has 1 aliphatic carbocycles. The van der Waals surface area contributed by atoms with Crippen molar-refractivity contribution in [3.05, 3.63) is 34.9 Å². The average Bonchev–Trinajstić information content (AvgIpc) is 2.42. The highest BCUT2D eigenvalue weighted by Gasteiger charge is 2.17. The van der Waals surface area contributed by atoms with Gasteiger partial charge < -0.3 is 4.74 Å². The van der Waals surface area contributed by atoms with Crippen LogP contribution in [0.1, 0.15) is 43.8 Å². The molecule has 0 amide bonds. The number of benzene rings is 1. The molecule has 0 aliphatic heterocycles. The van der Waals surface area contributed by atoms with Gasteiger partial charge in [-0.1, -0.05) is 58.9 Å². The second-order valence-corrected chi connectivity index (χ2v) is 6.12. The van der Waals surface area contributed by atoms with Gasteiger partial charge in [0.25, 0.3) is 0 Å². The maximum absolute atomic E-state index is 6.07. The van der Waals surface area contributed by atoms with E-state index < -0.39 is 0 Å². The number of hydrogen-bond donors (Lipinski definition) is 0. The Morgan fingerprint density at radius 1 is 1.17 bits per heavy atom. The van der Waals surface area contributed by atoms with Gasteiger partial charge in [-0.15, -0.1) is 0 Å². The minimum absolute atomic E-state index is 0.143. The Labute approximate surface area is 123 Å². The SMILES string of the molecule is Clc1ccc(C(CBr)OCC2CCCCC2)cc1. The smallest absolute Gasteiger partial charge is 0.0921 e. The molecule has 0 saturated heterocycles. The highest BCUT2D eigenvalue weighted by Crippen LogP contribution is 2.27. The summed E-state index contributed by atoms with van der Waals surface area (Å²) in [5, 5.41) is 1.61. The first-order valence-electron chi connectivity index (χ1n) is 6.72. The molecule has 0 radical (unpaired) electrons. The van der Waals surface area contributed by atoms with Crippen LogP contribution in [0.25, 0.3) is 0 Å². The fourth-order valence-electron chi connectivity index (χ4n) is 2.51. The molecule has 2 rings (SSSR count). The quantitative estimate of drug-likeness (QED) is 0.659. The monoisotopic (exact) mass is 330 g/mol. The normalized spacial score (nSPS) is 18.8. The van der Waals surface area contributed by atoms with Gasteiger partial charge in [0, 0.05) is 10.4 Å². The number of halogens is 2. The zero-order chi connectivity index (χ0) is 12.8. The molecule has 0 aromatic heterocycles. The minimum atomic E-state index is 0.143. The lowest BCUT2D eigenvalue weighted by molar-refractivity contribution is 0.0336. The molecule has 0 heterocycles. The lowest BCUT2D eigenvalue weighted by Crippen LogP contribution is -2.16. The number of ether oxygens (including phenoxy) is 1. The average molecular weight is 332 g/mol. The summed E-state index contributed by atoms with van der Waals surface area (Å²) < 4.78 is 6.07. The van der Waals surface area contributed by atoms with E-state index in [2.05, 4.69) is 28.1 Å². The zero-order valence-corrected chi connectivity index (χ0v) is 12.9. The summed E-state index contributed by atoms with van der Waals surface area (Å²) in [7, 11) is 0. The Morgan fingerprint density at radius 2 is 1.83 bits per heavy atom. The van der Waals surface area contributed by atoms with Gasteiger partial charge in [0.05, 0.1) is 12.7 Å². The second-order valence-electron chi connectivity index (χ2n) is 5.03. The van der Waals surface area contributed by atoms with Crippen LogP contribution < -0.4 is 0 Å². The van der Waals surface area contributed by atoms with E-state index in [1.807, 2.05) is 12.1 Å². The number of hydrogen-bond acceptors (Lipinski definition) is 1. The molecule has 3 heteroatoms. The molecule has 0 N–H and O–H groups in total. The third-order valence-corrected chi connectivity index (χ3v) is 4.48. The van der Waals surface area contributed by atoms with Crippen molar-refractivity contribution >= 4 is 27.5 Å². The van der Waals surface area contributed by atoms with Crippen molar-refractivity contribution in [1.29, 1.82) is 0 Å². The fraction of sp³-hybridized carbons (Fsp3) is 0.600. The third kappa shape index (κ3) is 4.25. The van der Waals surface area contributed by atoms with Gasteiger partial charge in [-0.05, 0) is 36.5 Å². The van der Waals surface area contributed by atoms with E-state index in [1.165, 1.54) is 37.7 Å². The van der Waals surface area contributed by atoms with Crippen LogP contribution in [-0.4, -0.2) is 11.9 Å². The van der Waals surface area contributed by atoms with Crippen molar-refractivity contribution in [3.63, 3.8) is 0 Å². The molecule has 1 aromatic carbocycles. The van der Waals surface area contributed by atoms with Crippen molar-refractivity contribution < 1.29 is 4.74 Å². The zero-order valence-electron chi connectivity index (χ0n) is 10.6. The molecule has 1 aliphatic rings. The highest BCUT2D eigenvalue weighted by molar-refractivity contribution is 9.09. The van der Waals surface area contributed by atoms with Crippen LogP contribution in [0.15, 0.2) is 24.3 Å². The lowest BCUT2D eigenvalue weighted by atomic mass is 9.90. The topological polar surface area (TPSA) is 9.23 Å². The molecule has 1 unspecified atom stereocenters. The predicted molar refractivity (Wildman–Crippen MR) is 80.5 cm³/mol. The van der Waals surface area contributed by atoms with Crippen molar-refractivity contribution in [2.45, 2.75) is 38.2 Å². The Morgan fingerprint density at radius 3 is 2.44 bits per heavy atom. The van der Waals surface area contributed by atoms with Crippen molar-refractivity contribution in [2.24, 2.45) is 5.92 Å². The van der Waals surface area contributed by atoms with Crippen LogP contribution in [0.5, 0.6) is 0 Å². The first kappa shape index (κ1) is 14.4. The molecule has 1 nitrogen and oxygen atoms in total. The number of rotatable bonds is 5. The van der Waals surface area contributed by atoms with Crippen LogP contribution in [0.2, 0.25) is 5.02 Å². The Balaban J connectivity index is 1.86. The molecule has 0 spiro atoms. The Kier molecular flexibility index (Phi) is 6.00. The molecular weight excluding hydrogens is 312 g/mol. The van der Waals surface area contributed by atoms with Gasteiger partial charge in [-0.3, -0.25) is 0 Å².